The number of nitrogen functional groups attached to an aromatic ring is 1. The maximum Gasteiger partial charge on any atom is 0.251 e. The largest absolute Gasteiger partial charge is 0.497 e. The Morgan fingerprint density at radius 1 is 1.47 bits per heavy atom. The number of nitrogens with zero attached hydrogens (tertiary/aromatic N) is 2. The summed E-state index contributed by atoms with van der Waals surface area (Å²) in [4.78, 5) is 12.0. The molecule has 2 rings (SSSR count). The molecule has 0 saturated carbocycles. The van der Waals surface area contributed by atoms with Crippen molar-refractivity contribution in [2.75, 3.05) is 12.8 Å². The molecule has 0 atom stereocenters. The Bertz CT molecular complexity index is 592. The molecule has 0 aliphatic carbocycles. The Balaban J connectivity index is 2.05. The number of nitrogens with one attached hydrogen (secondary N) is 1. The zero-order valence-corrected chi connectivity index (χ0v) is 10.9. The highest BCUT2D eigenvalue weighted by Crippen LogP contribution is 2.18. The predicted octanol–water partition coefficient (Wildman–Crippen LogP) is 0.941. The molecular formula is C13H16N4O2. The van der Waals surface area contributed by atoms with Gasteiger partial charge in [-0.3, -0.25) is 9.48 Å². The number of hydrogen-bond donors (Lipinski definition) is 2. The minimum Gasteiger partial charge on any atom is -0.497 e. The van der Waals surface area contributed by atoms with Crippen LogP contribution in [-0.4, -0.2) is 22.8 Å². The number of carbonyl (C=O) groups excluding carboxylic acids is 1. The van der Waals surface area contributed by atoms with Gasteiger partial charge in [-0.1, -0.05) is 0 Å². The molecule has 19 heavy (non-hydrogen) atoms. The van der Waals surface area contributed by atoms with Gasteiger partial charge in [0.1, 0.15) is 5.75 Å². The first-order chi connectivity index (χ1) is 9.08. The summed E-state index contributed by atoms with van der Waals surface area (Å²) in [5, 5.41) is 6.96. The fraction of sp³-hybridized carbons (Fsp3) is 0.231. The molecule has 1 heterocycles. The highest BCUT2D eigenvalue weighted by Gasteiger charge is 2.08. The van der Waals surface area contributed by atoms with E-state index in [2.05, 4.69) is 10.4 Å². The first kappa shape index (κ1) is 12.9. The number of benzene rings is 1. The van der Waals surface area contributed by atoms with Crippen molar-refractivity contribution in [1.82, 2.24) is 15.1 Å². The lowest BCUT2D eigenvalue weighted by Gasteiger charge is -2.07. The van der Waals surface area contributed by atoms with Crippen molar-refractivity contribution in [1.29, 1.82) is 0 Å². The van der Waals surface area contributed by atoms with Gasteiger partial charge >= 0.3 is 0 Å². The van der Waals surface area contributed by atoms with Crippen molar-refractivity contribution in [3.05, 3.63) is 41.7 Å². The van der Waals surface area contributed by atoms with Gasteiger partial charge in [-0.15, -0.1) is 0 Å². The molecule has 0 bridgehead atoms. The number of amides is 1. The van der Waals surface area contributed by atoms with Crippen LogP contribution < -0.4 is 15.8 Å². The molecule has 0 aliphatic heterocycles. The van der Waals surface area contributed by atoms with E-state index in [9.17, 15) is 4.79 Å². The zero-order chi connectivity index (χ0) is 13.8. The smallest absolute Gasteiger partial charge is 0.251 e. The van der Waals surface area contributed by atoms with Gasteiger partial charge in [0.15, 0.2) is 0 Å². The van der Waals surface area contributed by atoms with E-state index in [1.807, 2.05) is 19.3 Å². The van der Waals surface area contributed by atoms with Gasteiger partial charge in [0.25, 0.3) is 5.91 Å². The van der Waals surface area contributed by atoms with E-state index >= 15 is 0 Å². The van der Waals surface area contributed by atoms with Gasteiger partial charge in [-0.05, 0) is 18.2 Å². The van der Waals surface area contributed by atoms with Crippen LogP contribution in [0.3, 0.4) is 0 Å². The predicted molar refractivity (Wildman–Crippen MR) is 71.8 cm³/mol. The second-order valence-corrected chi connectivity index (χ2v) is 4.16. The van der Waals surface area contributed by atoms with E-state index in [0.717, 1.165) is 5.69 Å². The second kappa shape index (κ2) is 5.43. The Morgan fingerprint density at radius 2 is 2.26 bits per heavy atom. The number of nitrogens with two attached hydrogens (primary N) is 1. The third-order valence-corrected chi connectivity index (χ3v) is 2.63. The third kappa shape index (κ3) is 3.25. The number of aromatic nitrogens is 2. The van der Waals surface area contributed by atoms with Crippen molar-refractivity contribution >= 4 is 11.6 Å². The number of anilines is 1. The van der Waals surface area contributed by atoms with Crippen LogP contribution in [0.25, 0.3) is 0 Å². The second-order valence-electron chi connectivity index (χ2n) is 4.16. The first-order valence-electron chi connectivity index (χ1n) is 5.80. The quantitative estimate of drug-likeness (QED) is 0.801. The standard InChI is InChI=1S/C13H16N4O2/c1-17-4-3-11(16-17)8-15-13(18)9-5-10(14)7-12(6-9)19-2/h3-7H,8,14H2,1-2H3,(H,15,18). The van der Waals surface area contributed by atoms with Crippen molar-refractivity contribution in [2.45, 2.75) is 6.54 Å². The molecule has 0 aliphatic rings. The van der Waals surface area contributed by atoms with Gasteiger partial charge in [0.05, 0.1) is 19.3 Å². The summed E-state index contributed by atoms with van der Waals surface area (Å²) in [6, 6.07) is 6.76. The molecule has 1 aromatic heterocycles. The molecule has 1 amide bonds. The van der Waals surface area contributed by atoms with Crippen LogP contribution in [0.5, 0.6) is 5.75 Å². The fourth-order valence-electron chi connectivity index (χ4n) is 1.70. The van der Waals surface area contributed by atoms with Gasteiger partial charge < -0.3 is 15.8 Å². The normalized spacial score (nSPS) is 10.2. The van der Waals surface area contributed by atoms with Gasteiger partial charge in [0.2, 0.25) is 0 Å². The summed E-state index contributed by atoms with van der Waals surface area (Å²) < 4.78 is 6.76. The van der Waals surface area contributed by atoms with Crippen LogP contribution in [0.1, 0.15) is 16.1 Å². The number of aryl methyl sites for hydroxylation is 1. The minimum atomic E-state index is -0.212. The topological polar surface area (TPSA) is 82.2 Å². The number of carbonyl (C=O) groups is 1. The molecule has 0 unspecified atom stereocenters. The average molecular weight is 260 g/mol. The molecule has 0 spiro atoms. The molecular weight excluding hydrogens is 244 g/mol. The monoisotopic (exact) mass is 260 g/mol. The summed E-state index contributed by atoms with van der Waals surface area (Å²) in [7, 11) is 3.36. The number of rotatable bonds is 4. The van der Waals surface area contributed by atoms with E-state index < -0.39 is 0 Å². The van der Waals surface area contributed by atoms with Crippen molar-refractivity contribution in [3.8, 4) is 5.75 Å². The van der Waals surface area contributed by atoms with E-state index in [1.165, 1.54) is 7.11 Å². The van der Waals surface area contributed by atoms with Crippen molar-refractivity contribution in [3.63, 3.8) is 0 Å². The van der Waals surface area contributed by atoms with Gasteiger partial charge in [-0.2, -0.15) is 5.10 Å². The van der Waals surface area contributed by atoms with Crippen LogP contribution in [0.15, 0.2) is 30.5 Å². The van der Waals surface area contributed by atoms with Crippen LogP contribution in [0, 0.1) is 0 Å². The van der Waals surface area contributed by atoms with Crippen LogP contribution in [0.4, 0.5) is 5.69 Å². The maximum absolute atomic E-state index is 12.0. The molecule has 1 aromatic carbocycles. The van der Waals surface area contributed by atoms with Crippen LogP contribution >= 0.6 is 0 Å². The highest BCUT2D eigenvalue weighted by molar-refractivity contribution is 5.95. The SMILES string of the molecule is COc1cc(N)cc(C(=O)NCc2ccn(C)n2)c1. The summed E-state index contributed by atoms with van der Waals surface area (Å²) in [6.45, 7) is 0.372. The summed E-state index contributed by atoms with van der Waals surface area (Å²) in [5.41, 5.74) is 7.46. The number of hydrogen-bond acceptors (Lipinski definition) is 4. The van der Waals surface area contributed by atoms with Crippen LogP contribution in [-0.2, 0) is 13.6 Å². The molecule has 0 saturated heterocycles. The minimum absolute atomic E-state index is 0.212. The molecule has 100 valence electrons. The van der Waals surface area contributed by atoms with Crippen molar-refractivity contribution in [2.24, 2.45) is 7.05 Å². The molecule has 6 nitrogen and oxygen atoms in total. The fourth-order valence-corrected chi connectivity index (χ4v) is 1.70. The average Bonchev–Trinajstić information content (AvgIpc) is 2.81. The van der Waals surface area contributed by atoms with E-state index in [0.29, 0.717) is 23.5 Å². The highest BCUT2D eigenvalue weighted by atomic mass is 16.5. The Morgan fingerprint density at radius 3 is 2.89 bits per heavy atom. The molecule has 3 N–H and O–H groups in total. The Hall–Kier alpha value is -2.50. The Kier molecular flexibility index (Phi) is 3.70. The summed E-state index contributed by atoms with van der Waals surface area (Å²) in [5.74, 6) is 0.347. The first-order valence-corrected chi connectivity index (χ1v) is 5.80. The molecule has 2 aromatic rings. The lowest BCUT2D eigenvalue weighted by Crippen LogP contribution is -2.23. The number of ether oxygens (including phenoxy) is 1. The lowest BCUT2D eigenvalue weighted by molar-refractivity contribution is 0.0950. The number of methoxy groups -OCH3 is 1. The Labute approximate surface area is 111 Å². The zero-order valence-electron chi connectivity index (χ0n) is 10.9. The van der Waals surface area contributed by atoms with E-state index in [-0.39, 0.29) is 5.91 Å². The molecule has 0 radical (unpaired) electrons. The van der Waals surface area contributed by atoms with Gasteiger partial charge in [-0.25, -0.2) is 0 Å². The van der Waals surface area contributed by atoms with Crippen LogP contribution in [0.2, 0.25) is 0 Å². The van der Waals surface area contributed by atoms with Gasteiger partial charge in [0, 0.05) is 30.6 Å². The van der Waals surface area contributed by atoms with E-state index in [1.54, 1.807) is 22.9 Å². The molecule has 0 fully saturated rings. The maximum atomic E-state index is 12.0. The lowest BCUT2D eigenvalue weighted by atomic mass is 10.1. The summed E-state index contributed by atoms with van der Waals surface area (Å²) >= 11 is 0. The van der Waals surface area contributed by atoms with E-state index in [4.69, 9.17) is 10.5 Å². The third-order valence-electron chi connectivity index (χ3n) is 2.63. The van der Waals surface area contributed by atoms with Crippen molar-refractivity contribution < 1.29 is 9.53 Å². The summed E-state index contributed by atoms with van der Waals surface area (Å²) in [6.07, 6.45) is 1.82. The molecule has 6 heteroatoms.